The minimum atomic E-state index is 0. The second kappa shape index (κ2) is 5.54. The molecule has 0 fully saturated rings. The number of nitrogens with one attached hydrogen (secondary N) is 1. The zero-order chi connectivity index (χ0) is 15.8. The Bertz CT molecular complexity index is 993. The Kier molecular flexibility index (Phi) is 3.38. The van der Waals surface area contributed by atoms with Crippen molar-refractivity contribution in [1.82, 2.24) is 0 Å². The summed E-state index contributed by atoms with van der Waals surface area (Å²) < 4.78 is 0. The average Bonchev–Trinajstić information content (AvgIpc) is 2.60. The molecule has 116 valence electrons. The summed E-state index contributed by atoms with van der Waals surface area (Å²) in [6, 6.07) is 19.5. The van der Waals surface area contributed by atoms with E-state index in [1.54, 1.807) is 0 Å². The molecule has 4 aromatic rings. The molecule has 0 aliphatic rings. The van der Waals surface area contributed by atoms with Gasteiger partial charge in [-0.3, -0.25) is 4.79 Å². The van der Waals surface area contributed by atoms with Crippen molar-refractivity contribution < 1.29 is 6.22 Å². The summed E-state index contributed by atoms with van der Waals surface area (Å²) in [6.45, 7) is 2.61. The highest BCUT2D eigenvalue weighted by atomic mass is 16.1. The van der Waals surface area contributed by atoms with Gasteiger partial charge in [0.05, 0.1) is 0 Å². The first-order chi connectivity index (χ1) is 11.3. The van der Waals surface area contributed by atoms with Gasteiger partial charge >= 0.3 is 0 Å². The minimum Gasteiger partial charge on any atom is -0.384 e. The maximum atomic E-state index is 11.5. The third-order valence-corrected chi connectivity index (χ3v) is 4.64. The van der Waals surface area contributed by atoms with E-state index in [0.29, 0.717) is 25.2 Å². The van der Waals surface area contributed by atoms with E-state index in [2.05, 4.69) is 59.9 Å². The van der Waals surface area contributed by atoms with Crippen molar-refractivity contribution in [2.24, 2.45) is 0 Å². The lowest BCUT2D eigenvalue weighted by molar-refractivity contribution is -0.118. The molecular weight excluding hydrogens is 282 g/mol. The third kappa shape index (κ3) is 2.31. The largest absolute Gasteiger partial charge is 0.384 e. The Hall–Kier alpha value is -2.61. The molecular formula is C21H21NO. The summed E-state index contributed by atoms with van der Waals surface area (Å²) in [6.07, 6.45) is 1.19. The Morgan fingerprint density at radius 2 is 1.57 bits per heavy atom. The van der Waals surface area contributed by atoms with Gasteiger partial charge in [0.25, 0.3) is 0 Å². The summed E-state index contributed by atoms with van der Waals surface area (Å²) in [5.74, 6) is 0.301. The smallest absolute Gasteiger partial charge is 0.134 e. The maximum Gasteiger partial charge on any atom is 0.134 e. The van der Waals surface area contributed by atoms with Gasteiger partial charge in [-0.25, -0.2) is 0 Å². The van der Waals surface area contributed by atoms with E-state index in [9.17, 15) is 4.79 Å². The fourth-order valence-corrected chi connectivity index (χ4v) is 3.40. The van der Waals surface area contributed by atoms with Crippen molar-refractivity contribution in [2.45, 2.75) is 19.8 Å². The number of carbonyl (C=O) groups is 1. The molecule has 0 saturated heterocycles. The Labute approximate surface area is 136 Å². The van der Waals surface area contributed by atoms with E-state index in [1.807, 2.05) is 6.92 Å². The SMILES string of the molecule is CCC(=O)CCNc1ccc2ccc3cccc4ccc1c2c34.[HH]. The van der Waals surface area contributed by atoms with Crippen molar-refractivity contribution in [3.8, 4) is 0 Å². The molecule has 0 aromatic heterocycles. The highest BCUT2D eigenvalue weighted by Gasteiger charge is 2.10. The van der Waals surface area contributed by atoms with Gasteiger partial charge in [-0.2, -0.15) is 0 Å². The number of anilines is 1. The van der Waals surface area contributed by atoms with E-state index >= 15 is 0 Å². The molecule has 4 rings (SSSR count). The molecule has 23 heavy (non-hydrogen) atoms. The van der Waals surface area contributed by atoms with Gasteiger partial charge in [0.1, 0.15) is 5.78 Å². The molecule has 0 amide bonds. The molecule has 4 aromatic carbocycles. The zero-order valence-electron chi connectivity index (χ0n) is 13.2. The summed E-state index contributed by atoms with van der Waals surface area (Å²) in [7, 11) is 0. The second-order valence-electron chi connectivity index (χ2n) is 6.04. The number of ketones is 1. The Balaban J connectivity index is 0.00000169. The van der Waals surface area contributed by atoms with Crippen LogP contribution in [0, 0.1) is 0 Å². The summed E-state index contributed by atoms with van der Waals surface area (Å²) in [5, 5.41) is 11.1. The number of Topliss-reactive ketones (excluding diaryl/α,β-unsaturated/α-hetero) is 1. The first kappa shape index (κ1) is 14.0. The van der Waals surface area contributed by atoms with Crippen LogP contribution in [0.25, 0.3) is 32.3 Å². The average molecular weight is 303 g/mol. The van der Waals surface area contributed by atoms with Crippen molar-refractivity contribution in [3.63, 3.8) is 0 Å². The Morgan fingerprint density at radius 1 is 0.913 bits per heavy atom. The van der Waals surface area contributed by atoms with Crippen LogP contribution in [0.4, 0.5) is 5.69 Å². The highest BCUT2D eigenvalue weighted by molar-refractivity contribution is 6.25. The van der Waals surface area contributed by atoms with Crippen LogP contribution in [0.1, 0.15) is 21.2 Å². The molecule has 0 atom stereocenters. The molecule has 2 nitrogen and oxygen atoms in total. The topological polar surface area (TPSA) is 29.1 Å². The van der Waals surface area contributed by atoms with Crippen molar-refractivity contribution in [3.05, 3.63) is 54.6 Å². The van der Waals surface area contributed by atoms with Gasteiger partial charge in [0, 0.05) is 31.9 Å². The molecule has 1 N–H and O–H groups in total. The van der Waals surface area contributed by atoms with Crippen LogP contribution < -0.4 is 5.32 Å². The van der Waals surface area contributed by atoms with Gasteiger partial charge < -0.3 is 5.32 Å². The van der Waals surface area contributed by atoms with E-state index in [4.69, 9.17) is 0 Å². The second-order valence-corrected chi connectivity index (χ2v) is 6.04. The van der Waals surface area contributed by atoms with Gasteiger partial charge in [-0.1, -0.05) is 55.5 Å². The van der Waals surface area contributed by atoms with Crippen LogP contribution in [0.15, 0.2) is 54.6 Å². The number of benzene rings is 4. The molecule has 0 saturated carbocycles. The molecule has 0 unspecified atom stereocenters. The lowest BCUT2D eigenvalue weighted by atomic mass is 9.93. The summed E-state index contributed by atoms with van der Waals surface area (Å²) in [4.78, 5) is 11.5. The summed E-state index contributed by atoms with van der Waals surface area (Å²) in [5.41, 5.74) is 1.11. The molecule has 0 heterocycles. The molecule has 0 radical (unpaired) electrons. The maximum absolute atomic E-state index is 11.5. The van der Waals surface area contributed by atoms with E-state index in [0.717, 1.165) is 5.69 Å². The first-order valence-corrected chi connectivity index (χ1v) is 8.20. The van der Waals surface area contributed by atoms with Crippen LogP contribution in [0.5, 0.6) is 0 Å². The highest BCUT2D eigenvalue weighted by Crippen LogP contribution is 2.37. The van der Waals surface area contributed by atoms with Crippen LogP contribution >= 0.6 is 0 Å². The quantitative estimate of drug-likeness (QED) is 0.485. The van der Waals surface area contributed by atoms with Crippen LogP contribution in [-0.2, 0) is 4.79 Å². The minimum absolute atomic E-state index is 0. The van der Waals surface area contributed by atoms with Crippen molar-refractivity contribution >= 4 is 43.8 Å². The molecule has 0 spiro atoms. The molecule has 2 heteroatoms. The summed E-state index contributed by atoms with van der Waals surface area (Å²) >= 11 is 0. The Morgan fingerprint density at radius 3 is 2.30 bits per heavy atom. The van der Waals surface area contributed by atoms with Gasteiger partial charge in [0.15, 0.2) is 0 Å². The van der Waals surface area contributed by atoms with Crippen LogP contribution in [0.2, 0.25) is 0 Å². The van der Waals surface area contributed by atoms with Gasteiger partial charge in [0.2, 0.25) is 0 Å². The van der Waals surface area contributed by atoms with Gasteiger partial charge in [-0.15, -0.1) is 0 Å². The van der Waals surface area contributed by atoms with Crippen LogP contribution in [0.3, 0.4) is 0 Å². The van der Waals surface area contributed by atoms with Crippen molar-refractivity contribution in [1.29, 1.82) is 0 Å². The van der Waals surface area contributed by atoms with E-state index in [-0.39, 0.29) is 1.43 Å². The number of carbonyl (C=O) groups excluding carboxylic acids is 1. The fraction of sp³-hybridized carbons (Fsp3) is 0.190. The van der Waals surface area contributed by atoms with Crippen molar-refractivity contribution in [2.75, 3.05) is 11.9 Å². The monoisotopic (exact) mass is 303 g/mol. The number of hydrogen-bond donors (Lipinski definition) is 1. The fourth-order valence-electron chi connectivity index (χ4n) is 3.40. The predicted octanol–water partition coefficient (Wildman–Crippen LogP) is 5.61. The predicted molar refractivity (Wildman–Crippen MR) is 101 cm³/mol. The van der Waals surface area contributed by atoms with Gasteiger partial charge in [-0.05, 0) is 33.0 Å². The molecule has 0 aliphatic heterocycles. The first-order valence-electron chi connectivity index (χ1n) is 8.20. The molecule has 0 aliphatic carbocycles. The van der Waals surface area contributed by atoms with E-state index < -0.39 is 0 Å². The molecule has 0 bridgehead atoms. The zero-order valence-corrected chi connectivity index (χ0v) is 13.2. The normalized spacial score (nSPS) is 11.5. The van der Waals surface area contributed by atoms with Crippen LogP contribution in [-0.4, -0.2) is 12.3 Å². The lowest BCUT2D eigenvalue weighted by Crippen LogP contribution is -2.07. The lowest BCUT2D eigenvalue weighted by Gasteiger charge is -2.14. The van der Waals surface area contributed by atoms with E-state index in [1.165, 1.54) is 32.3 Å². The number of hydrogen-bond acceptors (Lipinski definition) is 2. The third-order valence-electron chi connectivity index (χ3n) is 4.64. The number of rotatable bonds is 5. The standard InChI is InChI=1S/C21H19NO.H2/c1-2-17(23)12-13-22-19-11-9-16-7-6-14-4-3-5-15-8-10-18(19)21(16)20(14)15;/h3-11,22H,2,12-13H2,1H3;1H.